The van der Waals surface area contributed by atoms with Gasteiger partial charge in [-0.15, -0.1) is 21.5 Å². The minimum absolute atomic E-state index is 0.166. The lowest BCUT2D eigenvalue weighted by Crippen LogP contribution is -2.22. The van der Waals surface area contributed by atoms with Crippen molar-refractivity contribution in [3.8, 4) is 10.6 Å². The first-order valence-corrected chi connectivity index (χ1v) is 10.5. The first-order valence-electron chi connectivity index (χ1n) is 8.01. The van der Waals surface area contributed by atoms with Gasteiger partial charge in [-0.1, -0.05) is 35.2 Å². The third-order valence-electron chi connectivity index (χ3n) is 3.67. The summed E-state index contributed by atoms with van der Waals surface area (Å²) in [5.74, 6) is -0.474. The van der Waals surface area contributed by atoms with Crippen molar-refractivity contribution in [2.24, 2.45) is 0 Å². The van der Waals surface area contributed by atoms with Crippen LogP contribution in [0, 0.1) is 5.82 Å². The summed E-state index contributed by atoms with van der Waals surface area (Å²) in [4.78, 5) is 17.0. The number of benzene rings is 2. The van der Waals surface area contributed by atoms with Crippen molar-refractivity contribution in [1.29, 1.82) is 0 Å². The molecule has 9 heteroatoms. The molecular formula is C18H13FN4OS3. The maximum atomic E-state index is 13.0. The second-order valence-corrected chi connectivity index (χ2v) is 9.21. The third-order valence-corrected chi connectivity index (χ3v) is 6.79. The number of aromatic nitrogens is 3. The van der Waals surface area contributed by atoms with Gasteiger partial charge in [0.05, 0.1) is 15.5 Å². The number of hydrogen-bond acceptors (Lipinski definition) is 7. The molecule has 0 saturated heterocycles. The summed E-state index contributed by atoms with van der Waals surface area (Å²) < 4.78 is 15.0. The number of nitrogens with one attached hydrogen (secondary N) is 1. The highest BCUT2D eigenvalue weighted by atomic mass is 32.2. The normalized spacial score (nSPS) is 12.2. The van der Waals surface area contributed by atoms with E-state index in [1.807, 2.05) is 31.2 Å². The van der Waals surface area contributed by atoms with Crippen LogP contribution in [-0.4, -0.2) is 26.3 Å². The van der Waals surface area contributed by atoms with Crippen molar-refractivity contribution >= 4 is 55.7 Å². The molecule has 1 amide bonds. The van der Waals surface area contributed by atoms with E-state index >= 15 is 0 Å². The molecule has 0 bridgehead atoms. The van der Waals surface area contributed by atoms with Gasteiger partial charge in [0.1, 0.15) is 10.8 Å². The third kappa shape index (κ3) is 4.15. The second-order valence-electron chi connectivity index (χ2n) is 5.62. The summed E-state index contributed by atoms with van der Waals surface area (Å²) in [6.45, 7) is 1.83. The monoisotopic (exact) mass is 416 g/mol. The van der Waals surface area contributed by atoms with Crippen LogP contribution in [0.2, 0.25) is 0 Å². The molecule has 0 radical (unpaired) electrons. The largest absolute Gasteiger partial charge is 0.300 e. The summed E-state index contributed by atoms with van der Waals surface area (Å²) in [5.41, 5.74) is 1.69. The van der Waals surface area contributed by atoms with Gasteiger partial charge in [0.25, 0.3) is 0 Å². The van der Waals surface area contributed by atoms with Crippen molar-refractivity contribution < 1.29 is 9.18 Å². The van der Waals surface area contributed by atoms with E-state index in [4.69, 9.17) is 0 Å². The maximum Gasteiger partial charge on any atom is 0.239 e. The molecule has 0 aliphatic carbocycles. The van der Waals surface area contributed by atoms with E-state index in [1.165, 1.54) is 35.2 Å². The number of fused-ring (bicyclic) bond motifs is 1. The van der Waals surface area contributed by atoms with E-state index in [0.717, 1.165) is 20.1 Å². The molecular weight excluding hydrogens is 403 g/mol. The fraction of sp³-hybridized carbons (Fsp3) is 0.111. The molecule has 2 heterocycles. The molecule has 2 aromatic heterocycles. The van der Waals surface area contributed by atoms with E-state index in [0.29, 0.717) is 10.1 Å². The predicted octanol–water partition coefficient (Wildman–Crippen LogP) is 5.07. The number of carbonyl (C=O) groups excluding carboxylic acids is 1. The number of thioether (sulfide) groups is 1. The van der Waals surface area contributed by atoms with Crippen LogP contribution in [-0.2, 0) is 4.79 Å². The summed E-state index contributed by atoms with van der Waals surface area (Å²) in [7, 11) is 0. The Morgan fingerprint density at radius 1 is 1.11 bits per heavy atom. The number of para-hydroxylation sites is 1. The van der Waals surface area contributed by atoms with Crippen molar-refractivity contribution in [3.05, 3.63) is 54.3 Å². The summed E-state index contributed by atoms with van der Waals surface area (Å²) in [6, 6.07) is 13.9. The number of amides is 1. The van der Waals surface area contributed by atoms with Gasteiger partial charge in [0.2, 0.25) is 11.0 Å². The average molecular weight is 417 g/mol. The Balaban J connectivity index is 1.41. The van der Waals surface area contributed by atoms with Crippen LogP contribution in [0.25, 0.3) is 20.8 Å². The van der Waals surface area contributed by atoms with Crippen LogP contribution in [0.5, 0.6) is 0 Å². The SMILES string of the molecule is CC(Sc1nc2ccccc2s1)C(=O)Nc1nnc(-c2ccc(F)cc2)s1. The summed E-state index contributed by atoms with van der Waals surface area (Å²) in [5, 5.41) is 11.5. The molecule has 0 aliphatic rings. The van der Waals surface area contributed by atoms with E-state index in [1.54, 1.807) is 23.5 Å². The summed E-state index contributed by atoms with van der Waals surface area (Å²) in [6.07, 6.45) is 0. The Morgan fingerprint density at radius 3 is 2.67 bits per heavy atom. The standard InChI is InChI=1S/C18H13FN4OS3/c1-10(25-18-20-13-4-2-3-5-14(13)26-18)15(24)21-17-23-22-16(27-17)11-6-8-12(19)9-7-11/h2-10H,1H3,(H,21,23,24). The lowest BCUT2D eigenvalue weighted by Gasteiger charge is -2.07. The Hall–Kier alpha value is -2.36. The molecule has 4 aromatic rings. The minimum Gasteiger partial charge on any atom is -0.300 e. The Bertz CT molecular complexity index is 1060. The van der Waals surface area contributed by atoms with Crippen molar-refractivity contribution in [1.82, 2.24) is 15.2 Å². The Morgan fingerprint density at radius 2 is 1.89 bits per heavy atom. The van der Waals surface area contributed by atoms with Crippen LogP contribution >= 0.6 is 34.4 Å². The number of rotatable bonds is 5. The number of hydrogen-bond donors (Lipinski definition) is 1. The van der Waals surface area contributed by atoms with Crippen LogP contribution in [0.1, 0.15) is 6.92 Å². The molecule has 4 rings (SSSR count). The molecule has 136 valence electrons. The highest BCUT2D eigenvalue weighted by Crippen LogP contribution is 2.33. The molecule has 1 N–H and O–H groups in total. The van der Waals surface area contributed by atoms with Crippen LogP contribution in [0.3, 0.4) is 0 Å². The van der Waals surface area contributed by atoms with E-state index in [9.17, 15) is 9.18 Å². The van der Waals surface area contributed by atoms with Gasteiger partial charge in [0.15, 0.2) is 4.34 Å². The first kappa shape index (κ1) is 18.0. The van der Waals surface area contributed by atoms with Crippen LogP contribution in [0.15, 0.2) is 52.9 Å². The fourth-order valence-corrected chi connectivity index (χ4v) is 5.26. The van der Waals surface area contributed by atoms with E-state index in [2.05, 4.69) is 20.5 Å². The lowest BCUT2D eigenvalue weighted by molar-refractivity contribution is -0.115. The van der Waals surface area contributed by atoms with Gasteiger partial charge in [-0.25, -0.2) is 9.37 Å². The number of nitrogens with zero attached hydrogens (tertiary/aromatic N) is 3. The van der Waals surface area contributed by atoms with Gasteiger partial charge >= 0.3 is 0 Å². The maximum absolute atomic E-state index is 13.0. The molecule has 0 aliphatic heterocycles. The Labute approximate surface area is 166 Å². The Kier molecular flexibility index (Phi) is 5.15. The highest BCUT2D eigenvalue weighted by molar-refractivity contribution is 8.02. The summed E-state index contributed by atoms with van der Waals surface area (Å²) >= 11 is 4.23. The van der Waals surface area contributed by atoms with Gasteiger partial charge in [-0.05, 0) is 43.3 Å². The quantitative estimate of drug-likeness (QED) is 0.460. The number of halogens is 1. The molecule has 0 saturated carbocycles. The van der Waals surface area contributed by atoms with Crippen molar-refractivity contribution in [3.63, 3.8) is 0 Å². The second kappa shape index (κ2) is 7.71. The molecule has 2 aromatic carbocycles. The fourth-order valence-electron chi connectivity index (χ4n) is 2.30. The van der Waals surface area contributed by atoms with Gasteiger partial charge < -0.3 is 0 Å². The van der Waals surface area contributed by atoms with Crippen molar-refractivity contribution in [2.45, 2.75) is 16.5 Å². The van der Waals surface area contributed by atoms with E-state index < -0.39 is 0 Å². The van der Waals surface area contributed by atoms with Gasteiger partial charge in [-0.3, -0.25) is 10.1 Å². The zero-order valence-corrected chi connectivity index (χ0v) is 16.5. The zero-order valence-electron chi connectivity index (χ0n) is 14.0. The van der Waals surface area contributed by atoms with Crippen LogP contribution in [0.4, 0.5) is 9.52 Å². The highest BCUT2D eigenvalue weighted by Gasteiger charge is 2.19. The minimum atomic E-state index is -0.330. The first-order chi connectivity index (χ1) is 13.1. The lowest BCUT2D eigenvalue weighted by atomic mass is 10.2. The predicted molar refractivity (Wildman–Crippen MR) is 109 cm³/mol. The van der Waals surface area contributed by atoms with Crippen LogP contribution < -0.4 is 5.32 Å². The number of anilines is 1. The zero-order chi connectivity index (χ0) is 18.8. The van der Waals surface area contributed by atoms with Gasteiger partial charge in [-0.2, -0.15) is 0 Å². The molecule has 5 nitrogen and oxygen atoms in total. The molecule has 1 unspecified atom stereocenters. The van der Waals surface area contributed by atoms with Gasteiger partial charge in [0, 0.05) is 5.56 Å². The van der Waals surface area contributed by atoms with Crippen molar-refractivity contribution in [2.75, 3.05) is 5.32 Å². The molecule has 1 atom stereocenters. The topological polar surface area (TPSA) is 67.8 Å². The van der Waals surface area contributed by atoms with E-state index in [-0.39, 0.29) is 17.0 Å². The molecule has 0 fully saturated rings. The smallest absolute Gasteiger partial charge is 0.239 e. The average Bonchev–Trinajstić information content (AvgIpc) is 3.28. The number of carbonyl (C=O) groups is 1. The molecule has 0 spiro atoms. The molecule has 27 heavy (non-hydrogen) atoms. The number of thiazole rings is 1.